The molecule has 5 heteroatoms. The predicted molar refractivity (Wildman–Crippen MR) is 85.6 cm³/mol. The maximum atomic E-state index is 13.8. The minimum atomic E-state index is -0.363. The lowest BCUT2D eigenvalue weighted by Crippen LogP contribution is -2.29. The Morgan fingerprint density at radius 2 is 2.30 bits per heavy atom. The van der Waals surface area contributed by atoms with Crippen molar-refractivity contribution >= 4 is 22.9 Å². The molecule has 0 radical (unpaired) electrons. The quantitative estimate of drug-likeness (QED) is 0.819. The fourth-order valence-corrected chi connectivity index (χ4v) is 2.75. The van der Waals surface area contributed by atoms with Gasteiger partial charge in [0.25, 0.3) is 0 Å². The molecule has 0 saturated carbocycles. The van der Waals surface area contributed by atoms with E-state index in [2.05, 4.69) is 24.1 Å². The highest BCUT2D eigenvalue weighted by Gasteiger charge is 2.23. The second-order valence-electron chi connectivity index (χ2n) is 5.68. The molecule has 1 aromatic rings. The smallest absolute Gasteiger partial charge is 0.135 e. The molecular weight excluding hydrogens is 273 g/mol. The monoisotopic (exact) mass is 295 g/mol. The largest absolute Gasteiger partial charge is 0.389 e. The lowest BCUT2D eigenvalue weighted by molar-refractivity contribution is 0.266. The van der Waals surface area contributed by atoms with Crippen LogP contribution in [0.3, 0.4) is 0 Å². The van der Waals surface area contributed by atoms with Crippen molar-refractivity contribution in [3.8, 4) is 0 Å². The average Bonchev–Trinajstić information content (AvgIpc) is 2.85. The molecule has 1 saturated heterocycles. The van der Waals surface area contributed by atoms with E-state index in [1.807, 2.05) is 6.07 Å². The van der Waals surface area contributed by atoms with Crippen LogP contribution in [0.15, 0.2) is 18.2 Å². The highest BCUT2D eigenvalue weighted by atomic mass is 32.1. The van der Waals surface area contributed by atoms with Gasteiger partial charge in [-0.3, -0.25) is 0 Å². The van der Waals surface area contributed by atoms with Crippen molar-refractivity contribution < 1.29 is 4.39 Å². The van der Waals surface area contributed by atoms with E-state index in [0.29, 0.717) is 17.5 Å². The van der Waals surface area contributed by atoms with Crippen LogP contribution in [0.4, 0.5) is 10.1 Å². The van der Waals surface area contributed by atoms with Crippen LogP contribution in [0, 0.1) is 11.7 Å². The molecule has 1 aliphatic rings. The number of nitrogens with one attached hydrogen (secondary N) is 1. The Balaban J connectivity index is 1.89. The summed E-state index contributed by atoms with van der Waals surface area (Å²) in [6.45, 7) is 7.57. The van der Waals surface area contributed by atoms with E-state index in [4.69, 9.17) is 18.0 Å². The van der Waals surface area contributed by atoms with Crippen LogP contribution in [-0.2, 0) is 0 Å². The zero-order valence-corrected chi connectivity index (χ0v) is 12.8. The van der Waals surface area contributed by atoms with Gasteiger partial charge >= 0.3 is 0 Å². The number of nitrogens with zero attached hydrogens (tertiary/aromatic N) is 1. The molecule has 3 nitrogen and oxygen atoms in total. The molecule has 1 aromatic carbocycles. The van der Waals surface area contributed by atoms with Crippen molar-refractivity contribution in [2.45, 2.75) is 26.3 Å². The van der Waals surface area contributed by atoms with Gasteiger partial charge in [0.2, 0.25) is 0 Å². The van der Waals surface area contributed by atoms with Gasteiger partial charge in [-0.25, -0.2) is 4.39 Å². The first-order valence-corrected chi connectivity index (χ1v) is 7.45. The van der Waals surface area contributed by atoms with Gasteiger partial charge in [-0.15, -0.1) is 0 Å². The number of likely N-dealkylation sites (tertiary alicyclic amines) is 1. The molecule has 3 N–H and O–H groups in total. The minimum Gasteiger partial charge on any atom is -0.389 e. The van der Waals surface area contributed by atoms with Gasteiger partial charge < -0.3 is 16.0 Å². The summed E-state index contributed by atoms with van der Waals surface area (Å²) in [6, 6.07) is 5.52. The zero-order valence-electron chi connectivity index (χ0n) is 12.0. The van der Waals surface area contributed by atoms with Crippen molar-refractivity contribution in [3.05, 3.63) is 29.6 Å². The van der Waals surface area contributed by atoms with Gasteiger partial charge in [0, 0.05) is 30.4 Å². The first-order valence-electron chi connectivity index (χ1n) is 7.04. The molecule has 0 amide bonds. The topological polar surface area (TPSA) is 41.3 Å². The molecule has 0 aromatic heterocycles. The summed E-state index contributed by atoms with van der Waals surface area (Å²) in [4.78, 5) is 2.57. The second kappa shape index (κ2) is 6.50. The van der Waals surface area contributed by atoms with Gasteiger partial charge in [0.15, 0.2) is 0 Å². The number of halogens is 1. The van der Waals surface area contributed by atoms with Crippen LogP contribution in [0.2, 0.25) is 0 Å². The average molecular weight is 295 g/mol. The summed E-state index contributed by atoms with van der Waals surface area (Å²) in [5, 5.41) is 3.30. The summed E-state index contributed by atoms with van der Waals surface area (Å²) in [6.07, 6.45) is 1.19. The van der Waals surface area contributed by atoms with Crippen LogP contribution in [-0.4, -0.2) is 35.6 Å². The summed E-state index contributed by atoms with van der Waals surface area (Å²) in [5.41, 5.74) is 6.53. The van der Waals surface area contributed by atoms with E-state index < -0.39 is 0 Å². The number of benzene rings is 1. The molecular formula is C15H22FN3S. The Morgan fingerprint density at radius 3 is 2.85 bits per heavy atom. The van der Waals surface area contributed by atoms with Gasteiger partial charge in [0.05, 0.1) is 0 Å². The van der Waals surface area contributed by atoms with E-state index in [0.717, 1.165) is 25.3 Å². The van der Waals surface area contributed by atoms with E-state index in [1.165, 1.54) is 12.5 Å². The standard InChI is InChI=1S/C15H22FN3S/c1-10(2)19-6-5-11(9-19)8-18-12-3-4-13(15(17)20)14(16)7-12/h3-4,7,10-11,18H,5-6,8-9H2,1-2H3,(H2,17,20). The van der Waals surface area contributed by atoms with E-state index in [9.17, 15) is 4.39 Å². The molecule has 20 heavy (non-hydrogen) atoms. The number of nitrogens with two attached hydrogens (primary N) is 1. The van der Waals surface area contributed by atoms with Crippen molar-refractivity contribution in [3.63, 3.8) is 0 Å². The second-order valence-corrected chi connectivity index (χ2v) is 6.12. The van der Waals surface area contributed by atoms with E-state index in [1.54, 1.807) is 6.07 Å². The lowest BCUT2D eigenvalue weighted by atomic mass is 10.1. The summed E-state index contributed by atoms with van der Waals surface area (Å²) in [5.74, 6) is 0.258. The summed E-state index contributed by atoms with van der Waals surface area (Å²) < 4.78 is 13.8. The van der Waals surface area contributed by atoms with Crippen molar-refractivity contribution in [2.24, 2.45) is 11.7 Å². The van der Waals surface area contributed by atoms with Crippen LogP contribution in [0.25, 0.3) is 0 Å². The van der Waals surface area contributed by atoms with E-state index in [-0.39, 0.29) is 10.8 Å². The van der Waals surface area contributed by atoms with Gasteiger partial charge in [0.1, 0.15) is 10.8 Å². The molecule has 1 unspecified atom stereocenters. The maximum Gasteiger partial charge on any atom is 0.135 e. The highest BCUT2D eigenvalue weighted by molar-refractivity contribution is 7.80. The maximum absolute atomic E-state index is 13.8. The summed E-state index contributed by atoms with van der Waals surface area (Å²) in [7, 11) is 0. The van der Waals surface area contributed by atoms with Crippen molar-refractivity contribution in [2.75, 3.05) is 25.0 Å². The number of rotatable bonds is 5. The lowest BCUT2D eigenvalue weighted by Gasteiger charge is -2.20. The number of hydrogen-bond donors (Lipinski definition) is 2. The Bertz CT molecular complexity index is 490. The van der Waals surface area contributed by atoms with Gasteiger partial charge in [-0.1, -0.05) is 12.2 Å². The van der Waals surface area contributed by atoms with Crippen LogP contribution >= 0.6 is 12.2 Å². The predicted octanol–water partition coefficient (Wildman–Crippen LogP) is 2.60. The summed E-state index contributed by atoms with van der Waals surface area (Å²) >= 11 is 4.79. The zero-order chi connectivity index (χ0) is 14.7. The fraction of sp³-hybridized carbons (Fsp3) is 0.533. The molecule has 110 valence electrons. The van der Waals surface area contributed by atoms with Gasteiger partial charge in [-0.05, 0) is 50.9 Å². The first kappa shape index (κ1) is 15.2. The first-order chi connectivity index (χ1) is 9.47. The molecule has 2 rings (SSSR count). The Labute approximate surface area is 125 Å². The third-order valence-corrected chi connectivity index (χ3v) is 4.10. The van der Waals surface area contributed by atoms with Crippen molar-refractivity contribution in [1.29, 1.82) is 0 Å². The number of thiocarbonyl (C=S) groups is 1. The number of anilines is 1. The van der Waals surface area contributed by atoms with Crippen LogP contribution < -0.4 is 11.1 Å². The van der Waals surface area contributed by atoms with E-state index >= 15 is 0 Å². The molecule has 0 spiro atoms. The fourth-order valence-electron chi connectivity index (χ4n) is 2.59. The molecule has 0 bridgehead atoms. The molecule has 1 fully saturated rings. The highest BCUT2D eigenvalue weighted by Crippen LogP contribution is 2.20. The van der Waals surface area contributed by atoms with Crippen LogP contribution in [0.1, 0.15) is 25.8 Å². The third kappa shape index (κ3) is 3.67. The number of hydrogen-bond acceptors (Lipinski definition) is 3. The molecule has 1 aliphatic heterocycles. The SMILES string of the molecule is CC(C)N1CCC(CNc2ccc(C(N)=S)c(F)c2)C1. The molecule has 1 heterocycles. The molecule has 0 aliphatic carbocycles. The van der Waals surface area contributed by atoms with Crippen molar-refractivity contribution in [1.82, 2.24) is 4.90 Å². The van der Waals surface area contributed by atoms with Crippen LogP contribution in [0.5, 0.6) is 0 Å². The normalized spacial score (nSPS) is 19.5. The minimum absolute atomic E-state index is 0.0948. The van der Waals surface area contributed by atoms with Gasteiger partial charge in [-0.2, -0.15) is 0 Å². The third-order valence-electron chi connectivity index (χ3n) is 3.88. The Kier molecular flexibility index (Phi) is 4.94. The Morgan fingerprint density at radius 1 is 1.55 bits per heavy atom. The Hall–Kier alpha value is -1.20. The molecule has 1 atom stereocenters.